The fourth-order valence-electron chi connectivity index (χ4n) is 3.14. The number of halogens is 1. The molecule has 0 saturated heterocycles. The number of anilines is 1. The smallest absolute Gasteiger partial charge is 0.300 e. The highest BCUT2D eigenvalue weighted by Gasteiger charge is 2.16. The Hall–Kier alpha value is -3.26. The number of nitrogens with zero attached hydrogens (tertiary/aromatic N) is 3. The Morgan fingerprint density at radius 2 is 1.82 bits per heavy atom. The molecule has 0 aliphatic carbocycles. The minimum absolute atomic E-state index is 0.106. The number of carbonyl (C=O) groups excluding carboxylic acids is 1. The number of hydrogen-bond donors (Lipinski definition) is 1. The van der Waals surface area contributed by atoms with Crippen LogP contribution < -0.4 is 11.0 Å². The van der Waals surface area contributed by atoms with E-state index in [1.54, 1.807) is 19.2 Å². The van der Waals surface area contributed by atoms with Gasteiger partial charge in [-0.2, -0.15) is 0 Å². The Morgan fingerprint density at radius 1 is 1.14 bits per heavy atom. The molecule has 1 N–H and O–H groups in total. The Morgan fingerprint density at radius 3 is 2.54 bits per heavy atom. The van der Waals surface area contributed by atoms with E-state index in [9.17, 15) is 14.0 Å². The van der Waals surface area contributed by atoms with Crippen molar-refractivity contribution in [2.45, 2.75) is 13.5 Å². The number of imidazole rings is 1. The van der Waals surface area contributed by atoms with Crippen molar-refractivity contribution >= 4 is 33.4 Å². The molecule has 2 aromatic carbocycles. The van der Waals surface area contributed by atoms with E-state index >= 15 is 0 Å². The van der Waals surface area contributed by atoms with Crippen molar-refractivity contribution in [3.05, 3.63) is 69.7 Å². The summed E-state index contributed by atoms with van der Waals surface area (Å²) >= 11 is 1.34. The van der Waals surface area contributed by atoms with Crippen LogP contribution in [0.15, 0.2) is 53.3 Å². The first kappa shape index (κ1) is 18.1. The van der Waals surface area contributed by atoms with Gasteiger partial charge < -0.3 is 5.32 Å². The highest BCUT2D eigenvalue weighted by Crippen LogP contribution is 2.30. The lowest BCUT2D eigenvalue weighted by molar-refractivity contribution is -0.116. The van der Waals surface area contributed by atoms with Gasteiger partial charge >= 0.3 is 5.69 Å². The molecular formula is C20H17FN4O2S. The number of aromatic nitrogens is 3. The van der Waals surface area contributed by atoms with E-state index in [1.807, 2.05) is 31.2 Å². The van der Waals surface area contributed by atoms with E-state index in [-0.39, 0.29) is 24.0 Å². The van der Waals surface area contributed by atoms with E-state index in [2.05, 4.69) is 10.3 Å². The van der Waals surface area contributed by atoms with E-state index in [1.165, 1.54) is 32.6 Å². The Bertz CT molecular complexity index is 1240. The number of rotatable bonds is 4. The zero-order valence-electron chi connectivity index (χ0n) is 15.3. The second kappa shape index (κ2) is 7.05. The molecule has 0 saturated carbocycles. The largest absolute Gasteiger partial charge is 0.329 e. The van der Waals surface area contributed by atoms with Crippen LogP contribution in [0.25, 0.3) is 22.3 Å². The molecule has 1 amide bonds. The van der Waals surface area contributed by atoms with E-state index in [0.717, 1.165) is 16.0 Å². The minimum atomic E-state index is -0.335. The molecule has 2 aromatic heterocycles. The van der Waals surface area contributed by atoms with Crippen molar-refractivity contribution < 1.29 is 9.18 Å². The van der Waals surface area contributed by atoms with Crippen molar-refractivity contribution in [2.24, 2.45) is 7.05 Å². The van der Waals surface area contributed by atoms with Gasteiger partial charge in [0.25, 0.3) is 0 Å². The molecule has 0 spiro atoms. The van der Waals surface area contributed by atoms with E-state index in [4.69, 9.17) is 0 Å². The second-order valence-electron chi connectivity index (χ2n) is 6.40. The summed E-state index contributed by atoms with van der Waals surface area (Å²) in [7, 11) is 1.68. The number of benzene rings is 2. The molecule has 0 unspecified atom stereocenters. The van der Waals surface area contributed by atoms with Crippen LogP contribution >= 0.6 is 11.3 Å². The highest BCUT2D eigenvalue weighted by molar-refractivity contribution is 7.16. The summed E-state index contributed by atoms with van der Waals surface area (Å²) in [6.07, 6.45) is 0. The number of amides is 1. The summed E-state index contributed by atoms with van der Waals surface area (Å²) in [4.78, 5) is 30.3. The quantitative estimate of drug-likeness (QED) is 0.574. The maximum Gasteiger partial charge on any atom is 0.329 e. The predicted octanol–water partition coefficient (Wildman–Crippen LogP) is 3.55. The van der Waals surface area contributed by atoms with Gasteiger partial charge in [-0.1, -0.05) is 12.1 Å². The molecule has 0 aliphatic heterocycles. The molecule has 6 nitrogen and oxygen atoms in total. The summed E-state index contributed by atoms with van der Waals surface area (Å²) in [5, 5.41) is 3.20. The molecule has 4 aromatic rings. The standard InChI is InChI=1S/C20H17FN4O2S/c1-12-18(13-7-9-14(21)10-8-13)23-19(28-12)22-17(26)11-25-16-6-4-3-5-15(16)24(2)20(25)27/h3-10H,11H2,1-2H3,(H,22,23,26). The Balaban J connectivity index is 1.57. The molecule has 142 valence electrons. The van der Waals surface area contributed by atoms with E-state index < -0.39 is 0 Å². The van der Waals surface area contributed by atoms with Gasteiger partial charge in [-0.15, -0.1) is 11.3 Å². The number of carbonyl (C=O) groups is 1. The molecule has 28 heavy (non-hydrogen) atoms. The average Bonchev–Trinajstić information content (AvgIpc) is 3.15. The van der Waals surface area contributed by atoms with Gasteiger partial charge in [0, 0.05) is 17.5 Å². The van der Waals surface area contributed by atoms with Crippen LogP contribution in [0.1, 0.15) is 4.88 Å². The Kier molecular flexibility index (Phi) is 4.56. The van der Waals surface area contributed by atoms with Gasteiger partial charge in [0.05, 0.1) is 16.7 Å². The molecular weight excluding hydrogens is 379 g/mol. The highest BCUT2D eigenvalue weighted by atomic mass is 32.1. The van der Waals surface area contributed by atoms with Crippen molar-refractivity contribution in [1.29, 1.82) is 0 Å². The molecule has 0 radical (unpaired) electrons. The number of thiazole rings is 1. The van der Waals surface area contributed by atoms with Crippen LogP contribution in [0.5, 0.6) is 0 Å². The summed E-state index contributed by atoms with van der Waals surface area (Å²) in [5.41, 5.74) is 2.69. The zero-order chi connectivity index (χ0) is 19.8. The zero-order valence-corrected chi connectivity index (χ0v) is 16.1. The molecule has 0 aliphatic rings. The fraction of sp³-hybridized carbons (Fsp3) is 0.150. The first-order valence-electron chi connectivity index (χ1n) is 8.61. The van der Waals surface area contributed by atoms with Crippen molar-refractivity contribution in [3.63, 3.8) is 0 Å². The third kappa shape index (κ3) is 3.22. The normalized spacial score (nSPS) is 11.1. The maximum atomic E-state index is 13.1. The topological polar surface area (TPSA) is 68.9 Å². The summed E-state index contributed by atoms with van der Waals surface area (Å²) in [6.45, 7) is 1.78. The van der Waals surface area contributed by atoms with Crippen LogP contribution in [-0.2, 0) is 18.4 Å². The molecule has 0 bridgehead atoms. The van der Waals surface area contributed by atoms with Crippen LogP contribution in [-0.4, -0.2) is 20.0 Å². The lowest BCUT2D eigenvalue weighted by atomic mass is 10.1. The second-order valence-corrected chi connectivity index (χ2v) is 7.60. The summed E-state index contributed by atoms with van der Waals surface area (Å²) < 4.78 is 16.1. The lowest BCUT2D eigenvalue weighted by Crippen LogP contribution is -2.28. The molecule has 2 heterocycles. The summed E-state index contributed by atoms with van der Waals surface area (Å²) in [6, 6.07) is 13.4. The maximum absolute atomic E-state index is 13.1. The molecule has 0 fully saturated rings. The van der Waals surface area contributed by atoms with Crippen LogP contribution in [0.4, 0.5) is 9.52 Å². The number of hydrogen-bond acceptors (Lipinski definition) is 4. The van der Waals surface area contributed by atoms with Crippen LogP contribution in [0, 0.1) is 12.7 Å². The first-order valence-corrected chi connectivity index (χ1v) is 9.43. The summed E-state index contributed by atoms with van der Waals surface area (Å²) in [5.74, 6) is -0.649. The van der Waals surface area contributed by atoms with Crippen LogP contribution in [0.3, 0.4) is 0 Å². The monoisotopic (exact) mass is 396 g/mol. The number of nitrogens with one attached hydrogen (secondary N) is 1. The van der Waals surface area contributed by atoms with Gasteiger partial charge in [-0.3, -0.25) is 13.9 Å². The number of para-hydroxylation sites is 2. The minimum Gasteiger partial charge on any atom is -0.300 e. The van der Waals surface area contributed by atoms with Gasteiger partial charge in [0.2, 0.25) is 5.91 Å². The number of aryl methyl sites for hydroxylation is 2. The SMILES string of the molecule is Cc1sc(NC(=O)Cn2c(=O)n(C)c3ccccc32)nc1-c1ccc(F)cc1. The van der Waals surface area contributed by atoms with Gasteiger partial charge in [0.1, 0.15) is 12.4 Å². The van der Waals surface area contributed by atoms with Crippen molar-refractivity contribution in [3.8, 4) is 11.3 Å². The van der Waals surface area contributed by atoms with Crippen molar-refractivity contribution in [2.75, 3.05) is 5.32 Å². The molecule has 0 atom stereocenters. The van der Waals surface area contributed by atoms with Crippen molar-refractivity contribution in [1.82, 2.24) is 14.1 Å². The predicted molar refractivity (Wildman–Crippen MR) is 108 cm³/mol. The van der Waals surface area contributed by atoms with Crippen LogP contribution in [0.2, 0.25) is 0 Å². The lowest BCUT2D eigenvalue weighted by Gasteiger charge is -2.03. The third-order valence-electron chi connectivity index (χ3n) is 4.51. The third-order valence-corrected chi connectivity index (χ3v) is 5.40. The Labute approximate surface area is 163 Å². The van der Waals surface area contributed by atoms with Gasteiger partial charge in [-0.25, -0.2) is 14.2 Å². The first-order chi connectivity index (χ1) is 13.4. The van der Waals surface area contributed by atoms with Gasteiger partial charge in [-0.05, 0) is 43.3 Å². The molecule has 4 rings (SSSR count). The average molecular weight is 396 g/mol. The number of fused-ring (bicyclic) bond motifs is 1. The molecule has 8 heteroatoms. The van der Waals surface area contributed by atoms with E-state index in [0.29, 0.717) is 16.3 Å². The van der Waals surface area contributed by atoms with Gasteiger partial charge in [0.15, 0.2) is 5.13 Å². The fourth-order valence-corrected chi connectivity index (χ4v) is 4.00.